The van der Waals surface area contributed by atoms with E-state index >= 15 is 0 Å². The minimum absolute atomic E-state index is 0.217. The van der Waals surface area contributed by atoms with Gasteiger partial charge in [0.15, 0.2) is 17.7 Å². The van der Waals surface area contributed by atoms with Crippen LogP contribution in [0.3, 0.4) is 0 Å². The van der Waals surface area contributed by atoms with Crippen molar-refractivity contribution >= 4 is 41.2 Å². The molecule has 40 heavy (non-hydrogen) atoms. The van der Waals surface area contributed by atoms with Crippen LogP contribution in [-0.2, 0) is 14.4 Å². The average molecular weight is 541 g/mol. The molecule has 0 radical (unpaired) electrons. The van der Waals surface area contributed by atoms with Gasteiger partial charge in [-0.2, -0.15) is 5.90 Å². The van der Waals surface area contributed by atoms with Crippen molar-refractivity contribution in [2.24, 2.45) is 16.6 Å². The number of hydrogen-bond donors (Lipinski definition) is 4. The van der Waals surface area contributed by atoms with Crippen LogP contribution in [0, 0.1) is 5.41 Å². The van der Waals surface area contributed by atoms with Crippen LogP contribution in [0.1, 0.15) is 35.1 Å². The number of aliphatic imine (C=N–C) groups is 1. The Balaban J connectivity index is 0.000000186. The Bertz CT molecular complexity index is 1430. The van der Waals surface area contributed by atoms with Gasteiger partial charge in [0.25, 0.3) is 11.8 Å². The maximum absolute atomic E-state index is 11.8. The van der Waals surface area contributed by atoms with E-state index in [1.165, 1.54) is 0 Å². The monoisotopic (exact) mass is 540 g/mol. The molecular weight excluding hydrogens is 508 g/mol. The standard InChI is InChI=1S/C15H13N3O.C14H19N5O2/c16-14-15(19)17-12-9-5-4-8-11(12)13(18-14)10-6-2-1-3-7-10;1-3-5-11-10(4-2)18-14(12(17-11)13(15)21-16)19-6-8-20-9-7-19/h1-9,14H,16H2,(H,17,19);3-5,15H,2,6-9,16H2,1H3/b;5-3-,15-13?. The minimum atomic E-state index is -0.886. The lowest BCUT2D eigenvalue weighted by atomic mass is 10.0. The van der Waals surface area contributed by atoms with Crippen molar-refractivity contribution in [2.45, 2.75) is 13.1 Å². The summed E-state index contributed by atoms with van der Waals surface area (Å²) >= 11 is 0. The summed E-state index contributed by atoms with van der Waals surface area (Å²) in [7, 11) is 0. The van der Waals surface area contributed by atoms with E-state index in [0.29, 0.717) is 49.2 Å². The number of para-hydroxylation sites is 1. The number of nitrogens with zero attached hydrogens (tertiary/aromatic N) is 4. The molecule has 6 N–H and O–H groups in total. The molecule has 1 saturated heterocycles. The molecule has 1 unspecified atom stereocenters. The van der Waals surface area contributed by atoms with E-state index in [4.69, 9.17) is 21.8 Å². The summed E-state index contributed by atoms with van der Waals surface area (Å²) in [6.45, 7) is 8.23. The van der Waals surface area contributed by atoms with Gasteiger partial charge in [0.1, 0.15) is 0 Å². The first kappa shape index (κ1) is 28.3. The molecule has 0 bridgehead atoms. The summed E-state index contributed by atoms with van der Waals surface area (Å²) in [5, 5.41) is 10.6. The van der Waals surface area contributed by atoms with Gasteiger partial charge in [0.2, 0.25) is 0 Å². The topological polar surface area (TPSA) is 165 Å². The SMILES string of the molecule is C=Cc1nc(N2CCOCC2)c(C(=N)ON)nc1/C=C\C.NC1N=C(c2ccccc2)c2ccccc2NC1=O. The van der Waals surface area contributed by atoms with Crippen molar-refractivity contribution in [3.05, 3.63) is 95.5 Å². The number of morpholine rings is 1. The zero-order chi connectivity index (χ0) is 28.5. The third kappa shape index (κ3) is 6.46. The van der Waals surface area contributed by atoms with E-state index < -0.39 is 6.17 Å². The number of aromatic nitrogens is 2. The Kier molecular flexibility index (Phi) is 9.47. The molecule has 1 aromatic heterocycles. The maximum Gasteiger partial charge on any atom is 0.263 e. The molecule has 1 fully saturated rings. The Morgan fingerprint density at radius 2 is 1.82 bits per heavy atom. The van der Waals surface area contributed by atoms with Gasteiger partial charge in [-0.3, -0.25) is 15.2 Å². The number of nitrogens with one attached hydrogen (secondary N) is 2. The number of ether oxygens (including phenoxy) is 1. The number of benzodiazepines with no additional fused rings is 1. The highest BCUT2D eigenvalue weighted by Crippen LogP contribution is 2.24. The Hall–Kier alpha value is -4.71. The van der Waals surface area contributed by atoms with Crippen LogP contribution < -0.4 is 21.8 Å². The second-order valence-corrected chi connectivity index (χ2v) is 8.74. The summed E-state index contributed by atoms with van der Waals surface area (Å²) < 4.78 is 5.34. The van der Waals surface area contributed by atoms with Crippen LogP contribution in [0.5, 0.6) is 0 Å². The molecule has 0 saturated carbocycles. The van der Waals surface area contributed by atoms with Gasteiger partial charge in [-0.05, 0) is 25.1 Å². The van der Waals surface area contributed by atoms with Crippen LogP contribution >= 0.6 is 0 Å². The molecule has 1 amide bonds. The van der Waals surface area contributed by atoms with Crippen LogP contribution in [0.2, 0.25) is 0 Å². The first-order chi connectivity index (χ1) is 19.5. The largest absolute Gasteiger partial charge is 0.389 e. The first-order valence-electron chi connectivity index (χ1n) is 12.7. The second kappa shape index (κ2) is 13.4. The summed E-state index contributed by atoms with van der Waals surface area (Å²) in [5.41, 5.74) is 10.7. The fourth-order valence-electron chi connectivity index (χ4n) is 4.19. The van der Waals surface area contributed by atoms with Crippen LogP contribution in [0.4, 0.5) is 11.5 Å². The molecule has 2 aromatic carbocycles. The van der Waals surface area contributed by atoms with Crippen molar-refractivity contribution in [2.75, 3.05) is 36.5 Å². The van der Waals surface area contributed by atoms with Gasteiger partial charge < -0.3 is 25.5 Å². The van der Waals surface area contributed by atoms with Gasteiger partial charge in [-0.1, -0.05) is 61.2 Å². The normalized spacial score (nSPS) is 16.6. The molecule has 2 aliphatic heterocycles. The molecule has 1 atom stereocenters. The molecule has 206 valence electrons. The first-order valence-corrected chi connectivity index (χ1v) is 12.7. The fraction of sp³-hybridized carbons (Fsp3) is 0.207. The number of rotatable bonds is 5. The number of hydrogen-bond acceptors (Lipinski definition) is 10. The number of fused-ring (bicyclic) bond motifs is 1. The molecule has 11 heteroatoms. The second-order valence-electron chi connectivity index (χ2n) is 8.74. The Morgan fingerprint density at radius 3 is 2.50 bits per heavy atom. The average Bonchev–Trinajstić information content (AvgIpc) is 3.13. The predicted octanol–water partition coefficient (Wildman–Crippen LogP) is 2.97. The van der Waals surface area contributed by atoms with Crippen LogP contribution in [0.25, 0.3) is 12.2 Å². The number of carbonyl (C=O) groups excluding carboxylic acids is 1. The Labute approximate surface area is 232 Å². The van der Waals surface area contributed by atoms with Gasteiger partial charge >= 0.3 is 0 Å². The zero-order valence-corrected chi connectivity index (χ0v) is 22.2. The van der Waals surface area contributed by atoms with E-state index in [1.807, 2.05) is 72.5 Å². The highest BCUT2D eigenvalue weighted by Gasteiger charge is 2.24. The minimum Gasteiger partial charge on any atom is -0.389 e. The van der Waals surface area contributed by atoms with Crippen molar-refractivity contribution < 1.29 is 14.4 Å². The molecule has 3 aromatic rings. The quantitative estimate of drug-likeness (QED) is 0.218. The molecule has 5 rings (SSSR count). The molecule has 0 spiro atoms. The van der Waals surface area contributed by atoms with Crippen LogP contribution in [0.15, 0.2) is 72.2 Å². The third-order valence-corrected chi connectivity index (χ3v) is 6.12. The van der Waals surface area contributed by atoms with Crippen molar-refractivity contribution in [1.29, 1.82) is 5.41 Å². The Morgan fingerprint density at radius 1 is 1.12 bits per heavy atom. The summed E-state index contributed by atoms with van der Waals surface area (Å²) in [6, 6.07) is 17.3. The summed E-state index contributed by atoms with van der Waals surface area (Å²) in [5.74, 6) is 5.18. The third-order valence-electron chi connectivity index (χ3n) is 6.12. The van der Waals surface area contributed by atoms with E-state index in [2.05, 4.69) is 31.7 Å². The molecule has 0 aliphatic carbocycles. The van der Waals surface area contributed by atoms with Crippen molar-refractivity contribution in [1.82, 2.24) is 9.97 Å². The lowest BCUT2D eigenvalue weighted by Gasteiger charge is -2.29. The van der Waals surface area contributed by atoms with Crippen molar-refractivity contribution in [3.63, 3.8) is 0 Å². The maximum atomic E-state index is 11.8. The molecule has 11 nitrogen and oxygen atoms in total. The van der Waals surface area contributed by atoms with E-state index in [1.54, 1.807) is 12.2 Å². The fourth-order valence-corrected chi connectivity index (χ4v) is 4.19. The number of benzene rings is 2. The zero-order valence-electron chi connectivity index (χ0n) is 22.2. The number of amides is 1. The summed E-state index contributed by atoms with van der Waals surface area (Å²) in [6.07, 6.45) is 4.41. The van der Waals surface area contributed by atoms with Gasteiger partial charge in [-0.25, -0.2) is 9.97 Å². The van der Waals surface area contributed by atoms with Gasteiger partial charge in [0.05, 0.1) is 36.0 Å². The molecular formula is C29H32N8O3. The number of anilines is 2. The van der Waals surface area contributed by atoms with E-state index in [9.17, 15) is 4.79 Å². The van der Waals surface area contributed by atoms with Gasteiger partial charge in [0, 0.05) is 24.2 Å². The molecule has 2 aliphatic rings. The van der Waals surface area contributed by atoms with E-state index in [-0.39, 0.29) is 11.8 Å². The highest BCUT2D eigenvalue weighted by molar-refractivity contribution is 6.19. The highest BCUT2D eigenvalue weighted by atomic mass is 16.6. The van der Waals surface area contributed by atoms with Gasteiger partial charge in [-0.15, -0.1) is 0 Å². The number of allylic oxidation sites excluding steroid dienone is 1. The smallest absolute Gasteiger partial charge is 0.263 e. The summed E-state index contributed by atoms with van der Waals surface area (Å²) in [4.78, 5) is 31.7. The lowest BCUT2D eigenvalue weighted by molar-refractivity contribution is -0.117. The van der Waals surface area contributed by atoms with E-state index in [0.717, 1.165) is 22.5 Å². The molecule has 3 heterocycles. The number of nitrogens with two attached hydrogens (primary N) is 2. The lowest BCUT2D eigenvalue weighted by Crippen LogP contribution is -2.38. The number of carbonyl (C=O) groups is 1. The van der Waals surface area contributed by atoms with Crippen molar-refractivity contribution in [3.8, 4) is 0 Å². The predicted molar refractivity (Wildman–Crippen MR) is 157 cm³/mol. The van der Waals surface area contributed by atoms with Crippen LogP contribution in [-0.4, -0.2) is 60.0 Å².